The van der Waals surface area contributed by atoms with Gasteiger partial charge in [-0.1, -0.05) is 65.7 Å². The highest BCUT2D eigenvalue weighted by atomic mass is 35.5. The Morgan fingerprint density at radius 2 is 1.64 bits per heavy atom. The fourth-order valence-corrected chi connectivity index (χ4v) is 7.64. The Labute approximate surface area is 269 Å². The number of pyridine rings is 1. The monoisotopic (exact) mass is 661 g/mol. The number of rotatable bonds is 9. The molecule has 0 saturated heterocycles. The van der Waals surface area contributed by atoms with Crippen molar-refractivity contribution in [1.29, 1.82) is 0 Å². The van der Waals surface area contributed by atoms with Gasteiger partial charge < -0.3 is 19.4 Å². The second-order valence-corrected chi connectivity index (χ2v) is 13.2. The van der Waals surface area contributed by atoms with Crippen molar-refractivity contribution in [2.24, 2.45) is 7.05 Å². The van der Waals surface area contributed by atoms with Crippen molar-refractivity contribution < 1.29 is 18.3 Å². The van der Waals surface area contributed by atoms with Crippen molar-refractivity contribution in [1.82, 2.24) is 14.3 Å². The third kappa shape index (κ3) is 5.68. The predicted octanol–water partition coefficient (Wildman–Crippen LogP) is 6.74. The molecule has 0 radical (unpaired) electrons. The number of halogens is 2. The van der Waals surface area contributed by atoms with Crippen LogP contribution in [0.15, 0.2) is 101 Å². The molecule has 1 unspecified atom stereocenters. The van der Waals surface area contributed by atoms with Crippen LogP contribution in [0, 0.1) is 0 Å². The molecular formula is C34H29Cl2N3O5S. The molecule has 0 bridgehead atoms. The van der Waals surface area contributed by atoms with Crippen molar-refractivity contribution in [3.05, 3.63) is 134 Å². The zero-order valence-corrected chi connectivity index (χ0v) is 26.7. The summed E-state index contributed by atoms with van der Waals surface area (Å²) in [5.74, 6) is -0.213. The molecule has 4 aromatic carbocycles. The predicted molar refractivity (Wildman–Crippen MR) is 178 cm³/mol. The SMILES string of the molecule is COc1ccc(C(c2[nH]c3ccccc3c2CCNS(=O)(=O)c2cc(Cl)ccc2Cl)c2c(O)c3ccccc3n(C)c2=O)cc1. The van der Waals surface area contributed by atoms with E-state index in [1.807, 2.05) is 48.5 Å². The van der Waals surface area contributed by atoms with E-state index >= 15 is 0 Å². The van der Waals surface area contributed by atoms with Crippen LogP contribution in [-0.4, -0.2) is 36.7 Å². The van der Waals surface area contributed by atoms with Gasteiger partial charge in [-0.05, 0) is 66.1 Å². The highest BCUT2D eigenvalue weighted by molar-refractivity contribution is 7.89. The first-order valence-corrected chi connectivity index (χ1v) is 16.3. The minimum Gasteiger partial charge on any atom is -0.507 e. The Hall–Kier alpha value is -4.28. The van der Waals surface area contributed by atoms with Gasteiger partial charge in [0.2, 0.25) is 10.0 Å². The summed E-state index contributed by atoms with van der Waals surface area (Å²) in [5.41, 5.74) is 3.43. The maximum absolute atomic E-state index is 14.1. The lowest BCUT2D eigenvalue weighted by molar-refractivity contribution is 0.414. The van der Waals surface area contributed by atoms with Gasteiger partial charge in [0.15, 0.2) is 0 Å². The van der Waals surface area contributed by atoms with Gasteiger partial charge >= 0.3 is 0 Å². The molecule has 45 heavy (non-hydrogen) atoms. The topological polar surface area (TPSA) is 113 Å². The van der Waals surface area contributed by atoms with E-state index in [-0.39, 0.29) is 44.8 Å². The number of nitrogens with zero attached hydrogens (tertiary/aromatic N) is 1. The molecule has 0 aliphatic carbocycles. The van der Waals surface area contributed by atoms with E-state index in [1.54, 1.807) is 38.4 Å². The number of hydrogen-bond donors (Lipinski definition) is 3. The lowest BCUT2D eigenvalue weighted by Crippen LogP contribution is -2.27. The first-order valence-electron chi connectivity index (χ1n) is 14.1. The molecule has 0 fully saturated rings. The molecule has 1 atom stereocenters. The molecule has 6 aromatic rings. The van der Waals surface area contributed by atoms with E-state index in [1.165, 1.54) is 22.8 Å². The Balaban J connectivity index is 1.52. The Morgan fingerprint density at radius 1 is 0.956 bits per heavy atom. The number of aromatic amines is 1. The van der Waals surface area contributed by atoms with Crippen LogP contribution < -0.4 is 15.0 Å². The number of para-hydroxylation sites is 2. The molecule has 3 N–H and O–H groups in total. The first kappa shape index (κ1) is 30.7. The highest BCUT2D eigenvalue weighted by Gasteiger charge is 2.30. The van der Waals surface area contributed by atoms with E-state index in [2.05, 4.69) is 9.71 Å². The van der Waals surface area contributed by atoms with Crippen molar-refractivity contribution in [2.45, 2.75) is 17.2 Å². The minimum absolute atomic E-state index is 0.0249. The second kappa shape index (κ2) is 12.3. The molecule has 2 heterocycles. The smallest absolute Gasteiger partial charge is 0.258 e. The molecule has 11 heteroatoms. The summed E-state index contributed by atoms with van der Waals surface area (Å²) in [7, 11) is -0.737. The number of aromatic nitrogens is 2. The lowest BCUT2D eigenvalue weighted by Gasteiger charge is -2.22. The Bertz CT molecular complexity index is 2230. The summed E-state index contributed by atoms with van der Waals surface area (Å²) in [4.78, 5) is 17.4. The van der Waals surface area contributed by atoms with Gasteiger partial charge in [0.25, 0.3) is 5.56 Å². The highest BCUT2D eigenvalue weighted by Crippen LogP contribution is 2.41. The molecular weight excluding hydrogens is 633 g/mol. The van der Waals surface area contributed by atoms with Crippen LogP contribution in [0.3, 0.4) is 0 Å². The average Bonchev–Trinajstić information content (AvgIpc) is 3.41. The van der Waals surface area contributed by atoms with E-state index in [0.29, 0.717) is 22.3 Å². The van der Waals surface area contributed by atoms with Crippen molar-refractivity contribution in [2.75, 3.05) is 13.7 Å². The van der Waals surface area contributed by atoms with Crippen LogP contribution >= 0.6 is 23.2 Å². The number of hydrogen-bond acceptors (Lipinski definition) is 5. The molecule has 0 spiro atoms. The standard InChI is InChI=1S/C34H29Cl2N3O5S/c1-39-28-10-6-4-8-25(28)33(40)31(34(39)41)30(20-11-14-22(44-2)15-12-20)32-24(23-7-3-5-9-27(23)38-32)17-18-37-45(42,43)29-19-21(35)13-16-26(29)36/h3-16,19,30,37-38,40H,17-18H2,1-2H3. The van der Waals surface area contributed by atoms with Crippen LogP contribution in [0.25, 0.3) is 21.8 Å². The third-order valence-corrected chi connectivity index (χ3v) is 10.2. The molecule has 2 aromatic heterocycles. The molecule has 6 rings (SSSR count). The van der Waals surface area contributed by atoms with Gasteiger partial charge in [0.1, 0.15) is 16.4 Å². The average molecular weight is 663 g/mol. The lowest BCUT2D eigenvalue weighted by atomic mass is 9.85. The van der Waals surface area contributed by atoms with Crippen molar-refractivity contribution in [3.8, 4) is 11.5 Å². The van der Waals surface area contributed by atoms with Crippen LogP contribution in [0.4, 0.5) is 0 Å². The fraction of sp³-hybridized carbons (Fsp3) is 0.147. The van der Waals surface area contributed by atoms with Gasteiger partial charge in [-0.25, -0.2) is 13.1 Å². The number of H-pyrrole nitrogens is 1. The zero-order chi connectivity index (χ0) is 31.9. The number of benzene rings is 4. The number of sulfonamides is 1. The molecule has 0 saturated carbocycles. The summed E-state index contributed by atoms with van der Waals surface area (Å²) in [5, 5.41) is 13.4. The molecule has 230 valence electrons. The van der Waals surface area contributed by atoms with Crippen LogP contribution in [-0.2, 0) is 23.5 Å². The van der Waals surface area contributed by atoms with E-state index < -0.39 is 15.9 Å². The maximum Gasteiger partial charge on any atom is 0.258 e. The third-order valence-electron chi connectivity index (χ3n) is 8.03. The summed E-state index contributed by atoms with van der Waals surface area (Å²) in [6.07, 6.45) is 0.262. The van der Waals surface area contributed by atoms with Crippen LogP contribution in [0.2, 0.25) is 10.0 Å². The van der Waals surface area contributed by atoms with Crippen molar-refractivity contribution in [3.63, 3.8) is 0 Å². The van der Waals surface area contributed by atoms with Gasteiger partial charge in [-0.3, -0.25) is 4.79 Å². The fourth-order valence-electron chi connectivity index (χ4n) is 5.84. The largest absolute Gasteiger partial charge is 0.507 e. The van der Waals surface area contributed by atoms with E-state index in [4.69, 9.17) is 27.9 Å². The van der Waals surface area contributed by atoms with E-state index in [9.17, 15) is 18.3 Å². The number of aromatic hydroxyl groups is 1. The number of fused-ring (bicyclic) bond motifs is 2. The summed E-state index contributed by atoms with van der Waals surface area (Å²) >= 11 is 12.3. The summed E-state index contributed by atoms with van der Waals surface area (Å²) in [6.45, 7) is 0.0249. The van der Waals surface area contributed by atoms with Crippen molar-refractivity contribution >= 4 is 55.0 Å². The number of aryl methyl sites for hydroxylation is 1. The van der Waals surface area contributed by atoms with Gasteiger partial charge in [-0.15, -0.1) is 0 Å². The van der Waals surface area contributed by atoms with Crippen LogP contribution in [0.5, 0.6) is 11.5 Å². The quantitative estimate of drug-likeness (QED) is 0.159. The number of ether oxygens (including phenoxy) is 1. The van der Waals surface area contributed by atoms with Gasteiger partial charge in [-0.2, -0.15) is 0 Å². The maximum atomic E-state index is 14.1. The second-order valence-electron chi connectivity index (χ2n) is 10.6. The first-order chi connectivity index (χ1) is 21.6. The van der Waals surface area contributed by atoms with Gasteiger partial charge in [0.05, 0.1) is 29.1 Å². The Kier molecular flexibility index (Phi) is 8.37. The van der Waals surface area contributed by atoms with Crippen LogP contribution in [0.1, 0.15) is 28.3 Å². The summed E-state index contributed by atoms with van der Waals surface area (Å²) < 4.78 is 36.0. The van der Waals surface area contributed by atoms with Gasteiger partial charge in [0, 0.05) is 40.6 Å². The molecule has 0 aliphatic rings. The number of methoxy groups -OCH3 is 1. The molecule has 0 aliphatic heterocycles. The summed E-state index contributed by atoms with van der Waals surface area (Å²) in [6, 6.07) is 26.4. The Morgan fingerprint density at radius 3 is 2.38 bits per heavy atom. The molecule has 0 amide bonds. The minimum atomic E-state index is -3.99. The zero-order valence-electron chi connectivity index (χ0n) is 24.3. The van der Waals surface area contributed by atoms with E-state index in [0.717, 1.165) is 22.0 Å². The normalized spacial score (nSPS) is 12.5. The number of nitrogens with one attached hydrogen (secondary N) is 2. The molecule has 8 nitrogen and oxygen atoms in total.